The fourth-order valence-corrected chi connectivity index (χ4v) is 2.32. The van der Waals surface area contributed by atoms with Gasteiger partial charge in [0, 0.05) is 12.1 Å². The molecular formula is C15H14ClN3O7. The molecule has 26 heavy (non-hydrogen) atoms. The molecule has 11 heteroatoms. The highest BCUT2D eigenvalue weighted by molar-refractivity contribution is 6.33. The molecule has 2 N–H and O–H groups in total. The third-order valence-electron chi connectivity index (χ3n) is 3.31. The van der Waals surface area contributed by atoms with Crippen LogP contribution in [-0.2, 0) is 14.3 Å². The van der Waals surface area contributed by atoms with Crippen LogP contribution in [0.4, 0.5) is 10.5 Å². The largest absolute Gasteiger partial charge is 0.463 e. The van der Waals surface area contributed by atoms with Crippen LogP contribution >= 0.6 is 11.6 Å². The predicted octanol–water partition coefficient (Wildman–Crippen LogP) is 1.53. The number of nitro groups is 1. The number of hydrogen-bond acceptors (Lipinski definition) is 7. The summed E-state index contributed by atoms with van der Waals surface area (Å²) in [6.07, 6.45) is 0. The Balaban J connectivity index is 2.14. The summed E-state index contributed by atoms with van der Waals surface area (Å²) >= 11 is 5.86. The first-order valence-electron chi connectivity index (χ1n) is 7.38. The highest BCUT2D eigenvalue weighted by Crippen LogP contribution is 2.23. The molecule has 0 unspecified atom stereocenters. The normalized spacial score (nSPS) is 13.5. The number of ether oxygens (including phenoxy) is 2. The molecule has 0 atom stereocenters. The topological polar surface area (TPSA) is 137 Å². The number of non-ortho nitro benzene ring substituents is 1. The van der Waals surface area contributed by atoms with Gasteiger partial charge in [0.25, 0.3) is 5.69 Å². The minimum atomic E-state index is -0.867. The van der Waals surface area contributed by atoms with Crippen molar-refractivity contribution >= 4 is 35.3 Å². The number of rotatable bonds is 6. The first kappa shape index (κ1) is 19.2. The van der Waals surface area contributed by atoms with Crippen molar-refractivity contribution in [3.63, 3.8) is 0 Å². The van der Waals surface area contributed by atoms with Crippen molar-refractivity contribution in [2.75, 3.05) is 19.8 Å². The molecule has 0 saturated carbocycles. The number of carbonyl (C=O) groups excluding carboxylic acids is 3. The second kappa shape index (κ2) is 8.30. The van der Waals surface area contributed by atoms with E-state index in [4.69, 9.17) is 21.1 Å². The maximum absolute atomic E-state index is 12.1. The highest BCUT2D eigenvalue weighted by Gasteiger charge is 2.25. The number of halogens is 1. The summed E-state index contributed by atoms with van der Waals surface area (Å²) < 4.78 is 9.93. The molecule has 0 saturated heterocycles. The smallest absolute Gasteiger partial charge is 0.340 e. The molecule has 2 amide bonds. The van der Waals surface area contributed by atoms with E-state index in [9.17, 15) is 24.5 Å². The zero-order valence-electron chi connectivity index (χ0n) is 13.5. The van der Waals surface area contributed by atoms with E-state index < -0.39 is 29.5 Å². The summed E-state index contributed by atoms with van der Waals surface area (Å²) in [4.78, 5) is 45.5. The summed E-state index contributed by atoms with van der Waals surface area (Å²) in [5.74, 6) is -1.52. The van der Waals surface area contributed by atoms with Gasteiger partial charge in [0.1, 0.15) is 6.61 Å². The predicted molar refractivity (Wildman–Crippen MR) is 88.6 cm³/mol. The Morgan fingerprint density at radius 2 is 2.04 bits per heavy atom. The Hall–Kier alpha value is -3.14. The Bertz CT molecular complexity index is 806. The third-order valence-corrected chi connectivity index (χ3v) is 3.62. The molecule has 0 spiro atoms. The fraction of sp³-hybridized carbons (Fsp3) is 0.267. The molecule has 1 aliphatic rings. The lowest BCUT2D eigenvalue weighted by atomic mass is 10.1. The van der Waals surface area contributed by atoms with Gasteiger partial charge in [-0.05, 0) is 13.0 Å². The van der Waals surface area contributed by atoms with Crippen LogP contribution in [0.25, 0.3) is 0 Å². The van der Waals surface area contributed by atoms with Gasteiger partial charge in [0.2, 0.25) is 0 Å². The van der Waals surface area contributed by atoms with Gasteiger partial charge < -0.3 is 20.1 Å². The lowest BCUT2D eigenvalue weighted by molar-refractivity contribution is -0.384. The van der Waals surface area contributed by atoms with Gasteiger partial charge in [-0.25, -0.2) is 14.4 Å². The number of amides is 2. The minimum absolute atomic E-state index is 0.0736. The Labute approximate surface area is 152 Å². The molecule has 10 nitrogen and oxygen atoms in total. The molecule has 0 aliphatic carbocycles. The molecule has 1 heterocycles. The standard InChI is InChI=1S/C15H14ClN3O7/c1-2-25-14(21)10-6-17-15(22)18-12(10)7-26-13(20)9-4-3-8(19(23)24)5-11(9)16/h3-5H,2,6-7H2,1H3,(H2,17,18,22). The molecule has 1 aromatic rings. The van der Waals surface area contributed by atoms with Gasteiger partial charge in [0.15, 0.2) is 0 Å². The third kappa shape index (κ3) is 4.48. The first-order chi connectivity index (χ1) is 12.3. The second-order valence-corrected chi connectivity index (χ2v) is 5.39. The first-order valence-corrected chi connectivity index (χ1v) is 7.76. The Kier molecular flexibility index (Phi) is 6.12. The van der Waals surface area contributed by atoms with Gasteiger partial charge in [0.05, 0.1) is 39.9 Å². The second-order valence-electron chi connectivity index (χ2n) is 4.98. The van der Waals surface area contributed by atoms with Gasteiger partial charge in [-0.2, -0.15) is 0 Å². The van der Waals surface area contributed by atoms with E-state index >= 15 is 0 Å². The van der Waals surface area contributed by atoms with E-state index in [1.165, 1.54) is 0 Å². The van der Waals surface area contributed by atoms with E-state index in [-0.39, 0.29) is 40.7 Å². The molecule has 0 fully saturated rings. The van der Waals surface area contributed by atoms with Gasteiger partial charge in [-0.15, -0.1) is 0 Å². The van der Waals surface area contributed by atoms with Crippen molar-refractivity contribution in [3.8, 4) is 0 Å². The number of nitro benzene ring substituents is 1. The minimum Gasteiger partial charge on any atom is -0.463 e. The lowest BCUT2D eigenvalue weighted by Crippen LogP contribution is -2.45. The molecule has 1 aliphatic heterocycles. The van der Waals surface area contributed by atoms with Crippen LogP contribution in [0.5, 0.6) is 0 Å². The number of benzene rings is 1. The van der Waals surface area contributed by atoms with Crippen LogP contribution in [0.2, 0.25) is 5.02 Å². The number of urea groups is 1. The highest BCUT2D eigenvalue weighted by atomic mass is 35.5. The van der Waals surface area contributed by atoms with Gasteiger partial charge in [-0.1, -0.05) is 11.6 Å². The van der Waals surface area contributed by atoms with Crippen LogP contribution in [0.15, 0.2) is 29.5 Å². The average molecular weight is 384 g/mol. The van der Waals surface area contributed by atoms with Crippen LogP contribution in [0.3, 0.4) is 0 Å². The monoisotopic (exact) mass is 383 g/mol. The molecule has 138 valence electrons. The quantitative estimate of drug-likeness (QED) is 0.431. The SMILES string of the molecule is CCOC(=O)C1=C(COC(=O)c2ccc([N+](=O)[O-])cc2Cl)NC(=O)NC1. The van der Waals surface area contributed by atoms with E-state index in [2.05, 4.69) is 10.6 Å². The zero-order valence-corrected chi connectivity index (χ0v) is 14.3. The Morgan fingerprint density at radius 3 is 2.65 bits per heavy atom. The molecule has 2 rings (SSSR count). The van der Waals surface area contributed by atoms with Crippen LogP contribution in [0.1, 0.15) is 17.3 Å². The zero-order chi connectivity index (χ0) is 19.3. The number of esters is 2. The van der Waals surface area contributed by atoms with Crippen LogP contribution in [0, 0.1) is 10.1 Å². The van der Waals surface area contributed by atoms with Crippen molar-refractivity contribution in [1.82, 2.24) is 10.6 Å². The summed E-state index contributed by atoms with van der Waals surface area (Å²) in [5, 5.41) is 15.3. The maximum Gasteiger partial charge on any atom is 0.340 e. The summed E-state index contributed by atoms with van der Waals surface area (Å²) in [6.45, 7) is 1.29. The average Bonchev–Trinajstić information content (AvgIpc) is 2.59. The van der Waals surface area contributed by atoms with Crippen molar-refractivity contribution in [2.24, 2.45) is 0 Å². The van der Waals surface area contributed by atoms with Crippen molar-refractivity contribution in [1.29, 1.82) is 0 Å². The number of nitrogens with zero attached hydrogens (tertiary/aromatic N) is 1. The maximum atomic E-state index is 12.1. The number of nitrogens with one attached hydrogen (secondary N) is 2. The number of hydrogen-bond donors (Lipinski definition) is 2. The molecule has 1 aromatic carbocycles. The van der Waals surface area contributed by atoms with Crippen LogP contribution in [-0.4, -0.2) is 42.7 Å². The van der Waals surface area contributed by atoms with Crippen LogP contribution < -0.4 is 10.6 Å². The van der Waals surface area contributed by atoms with Crippen molar-refractivity contribution < 1.29 is 28.8 Å². The van der Waals surface area contributed by atoms with E-state index in [1.807, 2.05) is 0 Å². The summed E-state index contributed by atoms with van der Waals surface area (Å²) in [5.41, 5.74) is -0.159. The van der Waals surface area contributed by atoms with E-state index in [0.29, 0.717) is 0 Å². The number of carbonyl (C=O) groups is 3. The van der Waals surface area contributed by atoms with Gasteiger partial charge in [-0.3, -0.25) is 10.1 Å². The Morgan fingerprint density at radius 1 is 1.31 bits per heavy atom. The molecule has 0 bridgehead atoms. The molecular weight excluding hydrogens is 370 g/mol. The van der Waals surface area contributed by atoms with Crippen molar-refractivity contribution in [2.45, 2.75) is 6.92 Å². The fourth-order valence-electron chi connectivity index (χ4n) is 2.07. The summed E-state index contributed by atoms with van der Waals surface area (Å²) in [6, 6.07) is 2.73. The molecule has 0 aromatic heterocycles. The van der Waals surface area contributed by atoms with E-state index in [0.717, 1.165) is 18.2 Å². The summed E-state index contributed by atoms with van der Waals surface area (Å²) in [7, 11) is 0. The van der Waals surface area contributed by atoms with E-state index in [1.54, 1.807) is 6.92 Å². The molecule has 0 radical (unpaired) electrons. The van der Waals surface area contributed by atoms with Crippen molar-refractivity contribution in [3.05, 3.63) is 50.2 Å². The van der Waals surface area contributed by atoms with Gasteiger partial charge >= 0.3 is 18.0 Å². The lowest BCUT2D eigenvalue weighted by Gasteiger charge is -2.21.